The zero-order chi connectivity index (χ0) is 21.7. The first kappa shape index (κ1) is 19.6. The van der Waals surface area contributed by atoms with E-state index in [1.165, 1.54) is 10.4 Å². The number of nitrogens with zero attached hydrogens (tertiary/aromatic N) is 4. The van der Waals surface area contributed by atoms with Gasteiger partial charge in [0.05, 0.1) is 29.9 Å². The zero-order valence-corrected chi connectivity index (χ0v) is 19.0. The largest absolute Gasteiger partial charge is 0.331 e. The summed E-state index contributed by atoms with van der Waals surface area (Å²) in [4.78, 5) is 17.2. The fraction of sp³-hybridized carbons (Fsp3) is 0.308. The Balaban J connectivity index is 1.38. The number of thiophene rings is 1. The summed E-state index contributed by atoms with van der Waals surface area (Å²) >= 11 is 1.72. The predicted molar refractivity (Wildman–Crippen MR) is 126 cm³/mol. The summed E-state index contributed by atoms with van der Waals surface area (Å²) < 4.78 is 4.14. The van der Waals surface area contributed by atoms with E-state index >= 15 is 0 Å². The first-order valence-electron chi connectivity index (χ1n) is 11.3. The van der Waals surface area contributed by atoms with Gasteiger partial charge in [-0.3, -0.25) is 4.79 Å². The van der Waals surface area contributed by atoms with Crippen LogP contribution in [0.3, 0.4) is 0 Å². The number of carbonyl (C=O) groups is 1. The maximum Gasteiger partial charge on any atom is 0.234 e. The van der Waals surface area contributed by atoms with Gasteiger partial charge < -0.3 is 9.47 Å². The van der Waals surface area contributed by atoms with Crippen LogP contribution in [0.2, 0.25) is 0 Å². The fourth-order valence-corrected chi connectivity index (χ4v) is 6.33. The summed E-state index contributed by atoms with van der Waals surface area (Å²) in [5.41, 5.74) is 4.06. The summed E-state index contributed by atoms with van der Waals surface area (Å²) in [7, 11) is 0. The quantitative estimate of drug-likeness (QED) is 0.425. The van der Waals surface area contributed by atoms with Crippen molar-refractivity contribution in [3.8, 4) is 11.5 Å². The molecule has 3 aromatic heterocycles. The molecule has 32 heavy (non-hydrogen) atoms. The molecule has 0 radical (unpaired) electrons. The Hall–Kier alpha value is -3.12. The normalized spacial score (nSPS) is 17.1. The van der Waals surface area contributed by atoms with E-state index in [9.17, 15) is 4.79 Å². The Morgan fingerprint density at radius 3 is 2.44 bits per heavy atom. The summed E-state index contributed by atoms with van der Waals surface area (Å²) in [5, 5.41) is 7.09. The van der Waals surface area contributed by atoms with Gasteiger partial charge >= 0.3 is 0 Å². The van der Waals surface area contributed by atoms with Gasteiger partial charge in [0.2, 0.25) is 5.91 Å². The van der Waals surface area contributed by atoms with Crippen LogP contribution in [0.25, 0.3) is 11.5 Å². The van der Waals surface area contributed by atoms with Crippen LogP contribution in [0.5, 0.6) is 0 Å². The van der Waals surface area contributed by atoms with Crippen LogP contribution >= 0.6 is 11.3 Å². The Labute approximate surface area is 191 Å². The third-order valence-corrected chi connectivity index (χ3v) is 8.08. The molecule has 0 N–H and O–H groups in total. The molecule has 1 fully saturated rings. The molecule has 1 aliphatic carbocycles. The SMILES string of the molecule is Cc1ccc(-n2nc3c(c2-n2cccc2)CN(C(=O)C2(c4cccs4)CCCC2)C3)cc1. The van der Waals surface area contributed by atoms with Crippen LogP contribution in [0, 0.1) is 6.92 Å². The molecule has 0 unspecified atom stereocenters. The minimum Gasteiger partial charge on any atom is -0.331 e. The lowest BCUT2D eigenvalue weighted by atomic mass is 9.83. The number of rotatable bonds is 4. The van der Waals surface area contributed by atoms with E-state index in [1.54, 1.807) is 11.3 Å². The molecule has 0 saturated heterocycles. The standard InChI is InChI=1S/C26H26N4OS/c1-19-8-10-20(11-9-19)30-24(28-14-4-5-15-28)21-17-29(18-22(21)27-30)25(31)26(12-2-3-13-26)23-7-6-16-32-23/h4-11,14-16H,2-3,12-13,17-18H2,1H3. The molecule has 1 saturated carbocycles. The Morgan fingerprint density at radius 1 is 1.00 bits per heavy atom. The van der Waals surface area contributed by atoms with E-state index in [4.69, 9.17) is 5.10 Å². The van der Waals surface area contributed by atoms with Crippen molar-refractivity contribution in [3.05, 3.63) is 88.0 Å². The summed E-state index contributed by atoms with van der Waals surface area (Å²) in [6.07, 6.45) is 8.25. The van der Waals surface area contributed by atoms with Crippen LogP contribution in [0.4, 0.5) is 0 Å². The number of carbonyl (C=O) groups excluding carboxylic acids is 1. The third kappa shape index (κ3) is 2.97. The highest BCUT2D eigenvalue weighted by Gasteiger charge is 2.47. The van der Waals surface area contributed by atoms with Crippen molar-refractivity contribution >= 4 is 17.2 Å². The van der Waals surface area contributed by atoms with E-state index in [0.717, 1.165) is 48.4 Å². The van der Waals surface area contributed by atoms with Gasteiger partial charge in [-0.05, 0) is 55.5 Å². The van der Waals surface area contributed by atoms with Crippen LogP contribution in [-0.2, 0) is 23.3 Å². The summed E-state index contributed by atoms with van der Waals surface area (Å²) in [6, 6.07) is 16.7. The third-order valence-electron chi connectivity index (χ3n) is 7.00. The van der Waals surface area contributed by atoms with Crippen molar-refractivity contribution in [1.82, 2.24) is 19.2 Å². The summed E-state index contributed by atoms with van der Waals surface area (Å²) in [5.74, 6) is 1.30. The van der Waals surface area contributed by atoms with Crippen molar-refractivity contribution in [2.45, 2.75) is 51.1 Å². The molecule has 0 spiro atoms. The van der Waals surface area contributed by atoms with Gasteiger partial charge in [0.1, 0.15) is 5.82 Å². The first-order chi connectivity index (χ1) is 15.7. The van der Waals surface area contributed by atoms with E-state index in [1.807, 2.05) is 21.7 Å². The number of aromatic nitrogens is 3. The van der Waals surface area contributed by atoms with Gasteiger partial charge in [-0.2, -0.15) is 5.10 Å². The molecule has 4 aromatic rings. The highest BCUT2D eigenvalue weighted by Crippen LogP contribution is 2.46. The van der Waals surface area contributed by atoms with Gasteiger partial charge in [0.25, 0.3) is 0 Å². The molecule has 0 bridgehead atoms. The lowest BCUT2D eigenvalue weighted by molar-refractivity contribution is -0.138. The highest BCUT2D eigenvalue weighted by atomic mass is 32.1. The summed E-state index contributed by atoms with van der Waals surface area (Å²) in [6.45, 7) is 3.28. The van der Waals surface area contributed by atoms with Gasteiger partial charge in [0, 0.05) is 22.8 Å². The average Bonchev–Trinajstić information content (AvgIpc) is 3.61. The topological polar surface area (TPSA) is 43.1 Å². The minimum atomic E-state index is -0.349. The van der Waals surface area contributed by atoms with Crippen LogP contribution < -0.4 is 0 Å². The first-order valence-corrected chi connectivity index (χ1v) is 12.2. The molecule has 6 heteroatoms. The number of hydrogen-bond donors (Lipinski definition) is 0. The maximum atomic E-state index is 13.9. The number of hydrogen-bond acceptors (Lipinski definition) is 3. The number of aryl methyl sites for hydroxylation is 1. The van der Waals surface area contributed by atoms with Gasteiger partial charge in [-0.1, -0.05) is 36.6 Å². The second-order valence-corrected chi connectivity index (χ2v) is 9.96. The van der Waals surface area contributed by atoms with Gasteiger partial charge in [-0.25, -0.2) is 4.68 Å². The highest BCUT2D eigenvalue weighted by molar-refractivity contribution is 7.10. The fourth-order valence-electron chi connectivity index (χ4n) is 5.35. The molecule has 5 nitrogen and oxygen atoms in total. The Morgan fingerprint density at radius 2 is 1.75 bits per heavy atom. The van der Waals surface area contributed by atoms with Crippen LogP contribution in [0.1, 0.15) is 47.4 Å². The lowest BCUT2D eigenvalue weighted by Gasteiger charge is -2.31. The number of benzene rings is 1. The molecular formula is C26H26N4OS. The smallest absolute Gasteiger partial charge is 0.234 e. The molecule has 1 aliphatic heterocycles. The van der Waals surface area contributed by atoms with Crippen molar-refractivity contribution in [3.63, 3.8) is 0 Å². The number of amides is 1. The molecule has 2 aliphatic rings. The second kappa shape index (κ2) is 7.48. The lowest BCUT2D eigenvalue weighted by Crippen LogP contribution is -2.42. The molecule has 1 amide bonds. The maximum absolute atomic E-state index is 13.9. The van der Waals surface area contributed by atoms with E-state index in [-0.39, 0.29) is 11.3 Å². The molecule has 4 heterocycles. The molecule has 1 aromatic carbocycles. The second-order valence-electron chi connectivity index (χ2n) is 9.01. The van der Waals surface area contributed by atoms with Gasteiger partial charge in [-0.15, -0.1) is 11.3 Å². The van der Waals surface area contributed by atoms with Crippen molar-refractivity contribution in [2.75, 3.05) is 0 Å². The molecular weight excluding hydrogens is 416 g/mol. The van der Waals surface area contributed by atoms with E-state index in [0.29, 0.717) is 13.1 Å². The van der Waals surface area contributed by atoms with E-state index in [2.05, 4.69) is 65.7 Å². The average molecular weight is 443 g/mol. The van der Waals surface area contributed by atoms with Crippen molar-refractivity contribution in [1.29, 1.82) is 0 Å². The van der Waals surface area contributed by atoms with E-state index < -0.39 is 0 Å². The van der Waals surface area contributed by atoms with Crippen molar-refractivity contribution in [2.24, 2.45) is 0 Å². The Bertz CT molecular complexity index is 1250. The van der Waals surface area contributed by atoms with Crippen molar-refractivity contribution < 1.29 is 4.79 Å². The molecule has 0 atom stereocenters. The molecule has 162 valence electrons. The monoisotopic (exact) mass is 442 g/mol. The van der Waals surface area contributed by atoms with Crippen LogP contribution in [-0.4, -0.2) is 25.2 Å². The zero-order valence-electron chi connectivity index (χ0n) is 18.2. The Kier molecular flexibility index (Phi) is 4.57. The van der Waals surface area contributed by atoms with Crippen LogP contribution in [0.15, 0.2) is 66.3 Å². The van der Waals surface area contributed by atoms with Gasteiger partial charge in [0.15, 0.2) is 0 Å². The predicted octanol–water partition coefficient (Wildman–Crippen LogP) is 5.39. The number of fused-ring (bicyclic) bond motifs is 1. The minimum absolute atomic E-state index is 0.274. The molecule has 6 rings (SSSR count).